The maximum atomic E-state index is 6.10. The van der Waals surface area contributed by atoms with Crippen molar-refractivity contribution in [3.8, 4) is 0 Å². The summed E-state index contributed by atoms with van der Waals surface area (Å²) in [6.45, 7) is 7.65. The molecule has 1 aliphatic rings. The Morgan fingerprint density at radius 3 is 2.79 bits per heavy atom. The van der Waals surface area contributed by atoms with Crippen molar-refractivity contribution >= 4 is 11.6 Å². The summed E-state index contributed by atoms with van der Waals surface area (Å²) in [6.07, 6.45) is 3.80. The lowest BCUT2D eigenvalue weighted by Crippen LogP contribution is -2.34. The van der Waals surface area contributed by atoms with Gasteiger partial charge in [-0.2, -0.15) is 0 Å². The molecule has 3 heteroatoms. The van der Waals surface area contributed by atoms with Crippen molar-refractivity contribution < 1.29 is 0 Å². The van der Waals surface area contributed by atoms with E-state index in [4.69, 9.17) is 17.3 Å². The maximum absolute atomic E-state index is 6.10. The lowest BCUT2D eigenvalue weighted by molar-refractivity contribution is 0.200. The highest BCUT2D eigenvalue weighted by atomic mass is 35.5. The summed E-state index contributed by atoms with van der Waals surface area (Å²) in [5, 5.41) is 0.797. The maximum Gasteiger partial charge on any atom is 0.0470 e. The number of nitrogens with two attached hydrogens (primary N) is 1. The molecule has 1 saturated heterocycles. The van der Waals surface area contributed by atoms with Gasteiger partial charge in [0.15, 0.2) is 0 Å². The van der Waals surface area contributed by atoms with Crippen LogP contribution < -0.4 is 5.73 Å². The number of hydrogen-bond donors (Lipinski definition) is 1. The van der Waals surface area contributed by atoms with E-state index in [2.05, 4.69) is 30.9 Å². The fourth-order valence-corrected chi connectivity index (χ4v) is 3.16. The quantitative estimate of drug-likeness (QED) is 0.911. The second-order valence-corrected chi connectivity index (χ2v) is 6.80. The summed E-state index contributed by atoms with van der Waals surface area (Å²) in [5.74, 6) is 0. The molecule has 1 aromatic rings. The molecule has 0 radical (unpaired) electrons. The minimum absolute atomic E-state index is 0.299. The van der Waals surface area contributed by atoms with Crippen molar-refractivity contribution in [1.82, 2.24) is 4.90 Å². The van der Waals surface area contributed by atoms with Crippen molar-refractivity contribution in [2.45, 2.75) is 39.2 Å². The standard InChI is InChI=1S/C16H25ClN2/c1-16(2)7-4-9-19(10-8-16)15(12-18)13-5-3-6-14(17)11-13/h3,5-6,11,15H,4,7-10,12,18H2,1-2H3. The van der Waals surface area contributed by atoms with Crippen LogP contribution in [0.5, 0.6) is 0 Å². The molecule has 0 bridgehead atoms. The van der Waals surface area contributed by atoms with Crippen LogP contribution in [0.1, 0.15) is 44.7 Å². The second-order valence-electron chi connectivity index (χ2n) is 6.36. The van der Waals surface area contributed by atoms with E-state index in [0.717, 1.165) is 18.1 Å². The highest BCUT2D eigenvalue weighted by Gasteiger charge is 2.27. The van der Waals surface area contributed by atoms with Crippen LogP contribution in [-0.4, -0.2) is 24.5 Å². The van der Waals surface area contributed by atoms with Crippen molar-refractivity contribution in [1.29, 1.82) is 0 Å². The molecule has 0 aromatic heterocycles. The zero-order valence-electron chi connectivity index (χ0n) is 12.0. The molecule has 1 aromatic carbocycles. The van der Waals surface area contributed by atoms with Crippen molar-refractivity contribution in [3.05, 3.63) is 34.9 Å². The summed E-state index contributed by atoms with van der Waals surface area (Å²) >= 11 is 6.10. The van der Waals surface area contributed by atoms with Gasteiger partial charge in [0.25, 0.3) is 0 Å². The molecule has 1 heterocycles. The Morgan fingerprint density at radius 2 is 2.11 bits per heavy atom. The number of halogens is 1. The van der Waals surface area contributed by atoms with Crippen LogP contribution in [-0.2, 0) is 0 Å². The van der Waals surface area contributed by atoms with Gasteiger partial charge < -0.3 is 5.73 Å². The Bertz CT molecular complexity index is 417. The normalized spacial score (nSPS) is 21.9. The summed E-state index contributed by atoms with van der Waals surface area (Å²) in [5.41, 5.74) is 7.73. The Balaban J connectivity index is 2.13. The van der Waals surface area contributed by atoms with E-state index < -0.39 is 0 Å². The number of benzene rings is 1. The van der Waals surface area contributed by atoms with Crippen molar-refractivity contribution in [2.24, 2.45) is 11.1 Å². The summed E-state index contributed by atoms with van der Waals surface area (Å²) in [7, 11) is 0. The van der Waals surface area contributed by atoms with Crippen LogP contribution in [0.25, 0.3) is 0 Å². The molecule has 0 amide bonds. The fraction of sp³-hybridized carbons (Fsp3) is 0.625. The molecule has 2 rings (SSSR count). The van der Waals surface area contributed by atoms with E-state index in [1.54, 1.807) is 0 Å². The van der Waals surface area contributed by atoms with Crippen LogP contribution in [0.4, 0.5) is 0 Å². The van der Waals surface area contributed by atoms with Gasteiger partial charge in [-0.3, -0.25) is 4.90 Å². The lowest BCUT2D eigenvalue weighted by Gasteiger charge is -2.31. The van der Waals surface area contributed by atoms with E-state index >= 15 is 0 Å². The zero-order valence-corrected chi connectivity index (χ0v) is 12.8. The minimum Gasteiger partial charge on any atom is -0.329 e. The Labute approximate surface area is 121 Å². The van der Waals surface area contributed by atoms with Gasteiger partial charge in [0, 0.05) is 17.6 Å². The summed E-state index contributed by atoms with van der Waals surface area (Å²) in [4.78, 5) is 2.53. The van der Waals surface area contributed by atoms with Crippen LogP contribution in [0.15, 0.2) is 24.3 Å². The summed E-state index contributed by atoms with van der Waals surface area (Å²) < 4.78 is 0. The van der Waals surface area contributed by atoms with Gasteiger partial charge >= 0.3 is 0 Å². The van der Waals surface area contributed by atoms with Crippen molar-refractivity contribution in [2.75, 3.05) is 19.6 Å². The zero-order chi connectivity index (χ0) is 13.9. The molecule has 2 nitrogen and oxygen atoms in total. The van der Waals surface area contributed by atoms with E-state index in [0.29, 0.717) is 18.0 Å². The van der Waals surface area contributed by atoms with Gasteiger partial charge in [-0.25, -0.2) is 0 Å². The third-order valence-electron chi connectivity index (χ3n) is 4.27. The Kier molecular flexibility index (Phi) is 4.88. The van der Waals surface area contributed by atoms with Crippen LogP contribution in [0.2, 0.25) is 5.02 Å². The van der Waals surface area contributed by atoms with Crippen molar-refractivity contribution in [3.63, 3.8) is 0 Å². The molecule has 106 valence electrons. The first-order valence-electron chi connectivity index (χ1n) is 7.21. The Hall–Kier alpha value is -0.570. The molecule has 0 spiro atoms. The van der Waals surface area contributed by atoms with Crippen LogP contribution in [0.3, 0.4) is 0 Å². The van der Waals surface area contributed by atoms with Gasteiger partial charge in [-0.05, 0) is 55.5 Å². The molecule has 19 heavy (non-hydrogen) atoms. The molecule has 0 aliphatic carbocycles. The first kappa shape index (κ1) is 14.8. The largest absolute Gasteiger partial charge is 0.329 e. The molecular formula is C16H25ClN2. The minimum atomic E-state index is 0.299. The first-order valence-corrected chi connectivity index (χ1v) is 7.59. The molecular weight excluding hydrogens is 256 g/mol. The summed E-state index contributed by atoms with van der Waals surface area (Å²) in [6, 6.07) is 8.42. The molecule has 2 N–H and O–H groups in total. The number of hydrogen-bond acceptors (Lipinski definition) is 2. The number of nitrogens with zero attached hydrogens (tertiary/aromatic N) is 1. The van der Waals surface area contributed by atoms with Gasteiger partial charge in [0.05, 0.1) is 0 Å². The molecule has 1 aliphatic heterocycles. The average Bonchev–Trinajstić information content (AvgIpc) is 2.52. The number of rotatable bonds is 3. The van der Waals surface area contributed by atoms with E-state index in [1.807, 2.05) is 12.1 Å². The van der Waals surface area contributed by atoms with Gasteiger partial charge in [-0.1, -0.05) is 37.6 Å². The van der Waals surface area contributed by atoms with E-state index in [1.165, 1.54) is 24.8 Å². The molecule has 1 unspecified atom stereocenters. The van der Waals surface area contributed by atoms with Gasteiger partial charge in [0.2, 0.25) is 0 Å². The average molecular weight is 281 g/mol. The third-order valence-corrected chi connectivity index (χ3v) is 4.51. The smallest absolute Gasteiger partial charge is 0.0470 e. The molecule has 0 saturated carbocycles. The van der Waals surface area contributed by atoms with Crippen LogP contribution in [0, 0.1) is 5.41 Å². The van der Waals surface area contributed by atoms with Gasteiger partial charge in [-0.15, -0.1) is 0 Å². The first-order chi connectivity index (χ1) is 9.02. The molecule has 1 atom stereocenters. The Morgan fingerprint density at radius 1 is 1.32 bits per heavy atom. The number of likely N-dealkylation sites (tertiary alicyclic amines) is 1. The second kappa shape index (κ2) is 6.25. The monoisotopic (exact) mass is 280 g/mol. The molecule has 1 fully saturated rings. The SMILES string of the molecule is CC1(C)CCCN(C(CN)c2cccc(Cl)c2)CC1. The van der Waals surface area contributed by atoms with E-state index in [9.17, 15) is 0 Å². The highest BCUT2D eigenvalue weighted by Crippen LogP contribution is 2.33. The van der Waals surface area contributed by atoms with Crippen LogP contribution >= 0.6 is 11.6 Å². The fourth-order valence-electron chi connectivity index (χ4n) is 2.97. The predicted molar refractivity (Wildman–Crippen MR) is 82.5 cm³/mol. The van der Waals surface area contributed by atoms with Gasteiger partial charge in [0.1, 0.15) is 0 Å². The topological polar surface area (TPSA) is 29.3 Å². The lowest BCUT2D eigenvalue weighted by atomic mass is 9.85. The van der Waals surface area contributed by atoms with E-state index in [-0.39, 0.29) is 0 Å². The predicted octanol–water partition coefficient (Wildman–Crippen LogP) is 3.85. The third kappa shape index (κ3) is 3.95. The highest BCUT2D eigenvalue weighted by molar-refractivity contribution is 6.30.